The fraction of sp³-hybridized carbons (Fsp3) is 0.900. The van der Waals surface area contributed by atoms with Gasteiger partial charge >= 0.3 is 6.18 Å². The third-order valence-corrected chi connectivity index (χ3v) is 2.65. The van der Waals surface area contributed by atoms with Crippen LogP contribution >= 0.6 is 0 Å². The summed E-state index contributed by atoms with van der Waals surface area (Å²) in [4.78, 5) is 13.0. The molecule has 1 aliphatic heterocycles. The highest BCUT2D eigenvalue weighted by Gasteiger charge is 2.30. The maximum atomic E-state index is 11.8. The van der Waals surface area contributed by atoms with E-state index in [0.717, 1.165) is 12.8 Å². The summed E-state index contributed by atoms with van der Waals surface area (Å²) in [6, 6.07) is -0.286. The van der Waals surface area contributed by atoms with Gasteiger partial charge in [-0.05, 0) is 19.3 Å². The van der Waals surface area contributed by atoms with Crippen LogP contribution in [0.4, 0.5) is 13.2 Å². The molecule has 1 saturated heterocycles. The Morgan fingerprint density at radius 3 is 2.71 bits per heavy atom. The van der Waals surface area contributed by atoms with Crippen LogP contribution in [0, 0.1) is 0 Å². The fourth-order valence-corrected chi connectivity index (χ4v) is 1.86. The molecule has 0 aromatic carbocycles. The number of rotatable bonds is 4. The molecule has 1 unspecified atom stereocenters. The van der Waals surface area contributed by atoms with Crippen molar-refractivity contribution in [3.05, 3.63) is 0 Å². The molecule has 1 amide bonds. The number of aliphatic hydroxyl groups excluding tert-OH is 1. The van der Waals surface area contributed by atoms with Gasteiger partial charge in [0, 0.05) is 6.54 Å². The average Bonchev–Trinajstić information content (AvgIpc) is 2.27. The van der Waals surface area contributed by atoms with Crippen molar-refractivity contribution in [1.82, 2.24) is 4.90 Å². The van der Waals surface area contributed by atoms with Crippen LogP contribution in [0.5, 0.6) is 0 Å². The molecule has 0 aromatic heterocycles. The van der Waals surface area contributed by atoms with E-state index in [4.69, 9.17) is 5.11 Å². The molecule has 0 saturated carbocycles. The average molecular weight is 255 g/mol. The molecular formula is C10H16F3NO3. The number of hydrogen-bond donors (Lipinski definition) is 1. The number of likely N-dealkylation sites (tertiary alicyclic amines) is 1. The predicted molar refractivity (Wildman–Crippen MR) is 53.3 cm³/mol. The number of aliphatic hydroxyl groups is 1. The van der Waals surface area contributed by atoms with Gasteiger partial charge in [-0.3, -0.25) is 4.79 Å². The lowest BCUT2D eigenvalue weighted by Crippen LogP contribution is -2.47. The Bertz CT molecular complexity index is 258. The first-order valence-electron chi connectivity index (χ1n) is 5.49. The molecule has 1 atom stereocenters. The highest BCUT2D eigenvalue weighted by molar-refractivity contribution is 5.77. The minimum absolute atomic E-state index is 0.162. The number of alkyl halides is 3. The largest absolute Gasteiger partial charge is 0.411 e. The van der Waals surface area contributed by atoms with Crippen molar-refractivity contribution in [2.45, 2.75) is 31.5 Å². The monoisotopic (exact) mass is 255 g/mol. The van der Waals surface area contributed by atoms with Gasteiger partial charge in [0.2, 0.25) is 5.91 Å². The summed E-state index contributed by atoms with van der Waals surface area (Å²) < 4.78 is 39.7. The molecule has 1 N–H and O–H groups in total. The summed E-state index contributed by atoms with van der Waals surface area (Å²) in [5, 5.41) is 9.05. The SMILES string of the molecule is O=C(COCC(F)(F)F)N1CCCCC1CO. The Hall–Kier alpha value is -0.820. The van der Waals surface area contributed by atoms with E-state index in [2.05, 4.69) is 4.74 Å². The lowest BCUT2D eigenvalue weighted by atomic mass is 10.0. The zero-order valence-electron chi connectivity index (χ0n) is 9.37. The predicted octanol–water partition coefficient (Wildman–Crippen LogP) is 0.939. The number of nitrogens with zero attached hydrogens (tertiary/aromatic N) is 1. The van der Waals surface area contributed by atoms with E-state index < -0.39 is 25.3 Å². The van der Waals surface area contributed by atoms with E-state index in [0.29, 0.717) is 13.0 Å². The first-order chi connectivity index (χ1) is 7.94. The number of ether oxygens (including phenoxy) is 1. The van der Waals surface area contributed by atoms with E-state index in [1.165, 1.54) is 4.90 Å². The minimum atomic E-state index is -4.42. The van der Waals surface area contributed by atoms with Crippen molar-refractivity contribution in [2.24, 2.45) is 0 Å². The molecule has 17 heavy (non-hydrogen) atoms. The highest BCUT2D eigenvalue weighted by Crippen LogP contribution is 2.18. The Morgan fingerprint density at radius 1 is 1.41 bits per heavy atom. The molecule has 0 radical (unpaired) electrons. The normalized spacial score (nSPS) is 21.6. The number of carbonyl (C=O) groups is 1. The minimum Gasteiger partial charge on any atom is -0.394 e. The molecule has 1 rings (SSSR count). The van der Waals surface area contributed by atoms with Crippen molar-refractivity contribution in [3.63, 3.8) is 0 Å². The maximum absolute atomic E-state index is 11.8. The van der Waals surface area contributed by atoms with Gasteiger partial charge in [0.25, 0.3) is 0 Å². The first kappa shape index (κ1) is 14.2. The van der Waals surface area contributed by atoms with Crippen LogP contribution in [0.25, 0.3) is 0 Å². The lowest BCUT2D eigenvalue weighted by Gasteiger charge is -2.34. The number of amides is 1. The Kier molecular flexibility index (Phi) is 5.20. The van der Waals surface area contributed by atoms with Crippen LogP contribution in [-0.4, -0.2) is 54.5 Å². The summed E-state index contributed by atoms with van der Waals surface area (Å²) in [7, 11) is 0. The standard InChI is InChI=1S/C10H16F3NO3/c11-10(12,13)7-17-6-9(16)14-4-2-1-3-8(14)5-15/h8,15H,1-7H2. The second-order valence-electron chi connectivity index (χ2n) is 4.03. The summed E-state index contributed by atoms with van der Waals surface area (Å²) in [6.45, 7) is -1.70. The van der Waals surface area contributed by atoms with Crippen molar-refractivity contribution < 1.29 is 27.8 Å². The summed E-state index contributed by atoms with van der Waals surface area (Å²) in [6.07, 6.45) is -2.01. The third-order valence-electron chi connectivity index (χ3n) is 2.65. The Labute approximate surface area is 97.3 Å². The second kappa shape index (κ2) is 6.20. The van der Waals surface area contributed by atoms with Gasteiger partial charge in [-0.25, -0.2) is 0 Å². The van der Waals surface area contributed by atoms with E-state index in [1.807, 2.05) is 0 Å². The van der Waals surface area contributed by atoms with Gasteiger partial charge in [0.15, 0.2) is 0 Å². The zero-order valence-corrected chi connectivity index (χ0v) is 9.37. The summed E-state index contributed by atoms with van der Waals surface area (Å²) in [5.41, 5.74) is 0. The molecular weight excluding hydrogens is 239 g/mol. The van der Waals surface area contributed by atoms with Gasteiger partial charge in [-0.2, -0.15) is 13.2 Å². The maximum Gasteiger partial charge on any atom is 0.411 e. The molecule has 0 aliphatic carbocycles. The number of halogens is 3. The molecule has 1 heterocycles. The molecule has 0 aromatic rings. The summed E-state index contributed by atoms with van der Waals surface area (Å²) in [5.74, 6) is -0.493. The van der Waals surface area contributed by atoms with Crippen LogP contribution in [0.1, 0.15) is 19.3 Å². The molecule has 1 aliphatic rings. The molecule has 1 fully saturated rings. The van der Waals surface area contributed by atoms with Crippen molar-refractivity contribution in [1.29, 1.82) is 0 Å². The fourth-order valence-electron chi connectivity index (χ4n) is 1.86. The quantitative estimate of drug-likeness (QED) is 0.813. The topological polar surface area (TPSA) is 49.8 Å². The smallest absolute Gasteiger partial charge is 0.394 e. The van der Waals surface area contributed by atoms with Crippen LogP contribution in [-0.2, 0) is 9.53 Å². The third kappa shape index (κ3) is 4.91. The second-order valence-corrected chi connectivity index (χ2v) is 4.03. The summed E-state index contributed by atoms with van der Waals surface area (Å²) >= 11 is 0. The van der Waals surface area contributed by atoms with Crippen molar-refractivity contribution in [3.8, 4) is 0 Å². The number of piperidine rings is 1. The van der Waals surface area contributed by atoms with E-state index in [9.17, 15) is 18.0 Å². The molecule has 100 valence electrons. The highest BCUT2D eigenvalue weighted by atomic mass is 19.4. The van der Waals surface area contributed by atoms with Crippen LogP contribution < -0.4 is 0 Å². The van der Waals surface area contributed by atoms with Crippen LogP contribution in [0.3, 0.4) is 0 Å². The molecule has 4 nitrogen and oxygen atoms in total. The van der Waals surface area contributed by atoms with Gasteiger partial charge in [0.1, 0.15) is 13.2 Å². The van der Waals surface area contributed by atoms with Gasteiger partial charge in [-0.15, -0.1) is 0 Å². The van der Waals surface area contributed by atoms with E-state index in [1.54, 1.807) is 0 Å². The number of hydrogen-bond acceptors (Lipinski definition) is 3. The zero-order chi connectivity index (χ0) is 12.9. The van der Waals surface area contributed by atoms with Crippen LogP contribution in [0.15, 0.2) is 0 Å². The number of carbonyl (C=O) groups excluding carboxylic acids is 1. The molecule has 0 spiro atoms. The van der Waals surface area contributed by atoms with Crippen molar-refractivity contribution in [2.75, 3.05) is 26.4 Å². The molecule has 7 heteroatoms. The van der Waals surface area contributed by atoms with E-state index in [-0.39, 0.29) is 12.6 Å². The van der Waals surface area contributed by atoms with E-state index >= 15 is 0 Å². The molecule has 0 bridgehead atoms. The lowest BCUT2D eigenvalue weighted by molar-refractivity contribution is -0.178. The Morgan fingerprint density at radius 2 is 2.12 bits per heavy atom. The van der Waals surface area contributed by atoms with Crippen molar-refractivity contribution >= 4 is 5.91 Å². The van der Waals surface area contributed by atoms with Gasteiger partial charge in [-0.1, -0.05) is 0 Å². The van der Waals surface area contributed by atoms with Gasteiger partial charge < -0.3 is 14.7 Å². The van der Waals surface area contributed by atoms with Gasteiger partial charge in [0.05, 0.1) is 12.6 Å². The van der Waals surface area contributed by atoms with Crippen LogP contribution in [0.2, 0.25) is 0 Å². The Balaban J connectivity index is 2.35. The first-order valence-corrected chi connectivity index (χ1v) is 5.49.